The van der Waals surface area contributed by atoms with Gasteiger partial charge in [0.15, 0.2) is 16.7 Å². The van der Waals surface area contributed by atoms with Crippen molar-refractivity contribution in [3.8, 4) is 11.5 Å². The van der Waals surface area contributed by atoms with Crippen molar-refractivity contribution in [1.29, 1.82) is 0 Å². The van der Waals surface area contributed by atoms with Gasteiger partial charge >= 0.3 is 0 Å². The normalized spacial score (nSPS) is 14.2. The maximum atomic E-state index is 12.8. The van der Waals surface area contributed by atoms with Gasteiger partial charge in [0.25, 0.3) is 0 Å². The zero-order valence-electron chi connectivity index (χ0n) is 16.3. The Morgan fingerprint density at radius 3 is 2.93 bits per heavy atom. The minimum absolute atomic E-state index is 0.0631. The molecule has 8 heteroatoms. The number of rotatable bonds is 6. The second-order valence-electron chi connectivity index (χ2n) is 7.18. The topological polar surface area (TPSA) is 76.8 Å². The van der Waals surface area contributed by atoms with E-state index in [0.29, 0.717) is 23.9 Å². The molecule has 3 heterocycles. The van der Waals surface area contributed by atoms with Crippen LogP contribution in [0.25, 0.3) is 0 Å². The van der Waals surface area contributed by atoms with E-state index in [0.717, 1.165) is 29.2 Å². The first-order valence-electron chi connectivity index (χ1n) is 9.78. The van der Waals surface area contributed by atoms with Gasteiger partial charge in [-0.2, -0.15) is 0 Å². The quantitative estimate of drug-likeness (QED) is 0.615. The molecule has 2 aromatic carbocycles. The van der Waals surface area contributed by atoms with Gasteiger partial charge in [-0.15, -0.1) is 0 Å². The van der Waals surface area contributed by atoms with Crippen molar-refractivity contribution in [2.75, 3.05) is 24.0 Å². The predicted molar refractivity (Wildman–Crippen MR) is 113 cm³/mol. The molecular weight excluding hydrogens is 402 g/mol. The van der Waals surface area contributed by atoms with Gasteiger partial charge < -0.3 is 24.0 Å². The number of hydrogen-bond donors (Lipinski definition) is 1. The number of para-hydroxylation sites is 1. The van der Waals surface area contributed by atoms with Gasteiger partial charge in [0.05, 0.1) is 30.8 Å². The highest BCUT2D eigenvalue weighted by atomic mass is 32.2. The maximum absolute atomic E-state index is 12.8. The fourth-order valence-corrected chi connectivity index (χ4v) is 4.70. The minimum atomic E-state index is -0.119. The molecule has 1 amide bonds. The van der Waals surface area contributed by atoms with Crippen LogP contribution in [0.1, 0.15) is 16.8 Å². The van der Waals surface area contributed by atoms with E-state index in [-0.39, 0.29) is 25.1 Å². The molecule has 2 aliphatic heterocycles. The third-order valence-corrected chi connectivity index (χ3v) is 6.33. The van der Waals surface area contributed by atoms with E-state index in [9.17, 15) is 9.90 Å². The number of benzene rings is 2. The molecule has 5 rings (SSSR count). The first kappa shape index (κ1) is 19.0. The van der Waals surface area contributed by atoms with E-state index < -0.39 is 0 Å². The first-order valence-corrected chi connectivity index (χ1v) is 10.8. The second kappa shape index (κ2) is 8.04. The van der Waals surface area contributed by atoms with Crippen LogP contribution < -0.4 is 14.4 Å². The van der Waals surface area contributed by atoms with E-state index in [2.05, 4.69) is 11.1 Å². The highest BCUT2D eigenvalue weighted by Gasteiger charge is 2.24. The molecule has 30 heavy (non-hydrogen) atoms. The Hall–Kier alpha value is -2.97. The molecule has 0 atom stereocenters. The number of carbonyl (C=O) groups excluding carboxylic acids is 1. The summed E-state index contributed by atoms with van der Waals surface area (Å²) in [6.07, 6.45) is 2.55. The van der Waals surface area contributed by atoms with Crippen molar-refractivity contribution >= 4 is 23.4 Å². The number of carbonyl (C=O) groups is 1. The molecule has 3 aromatic rings. The number of anilines is 1. The van der Waals surface area contributed by atoms with Gasteiger partial charge in [-0.3, -0.25) is 4.79 Å². The Morgan fingerprint density at radius 2 is 2.03 bits per heavy atom. The molecule has 0 unspecified atom stereocenters. The summed E-state index contributed by atoms with van der Waals surface area (Å²) in [7, 11) is 0. The standard InChI is InChI=1S/C22H21N3O4S/c26-12-17-10-23-22(25(17)11-15-5-6-19-20(9-15)29-14-28-19)30-13-21(27)24-8-7-16-3-1-2-4-18(16)24/h1-6,9-10,26H,7-8,11-14H2. The zero-order chi connectivity index (χ0) is 20.5. The molecule has 2 aliphatic rings. The molecule has 7 nitrogen and oxygen atoms in total. The summed E-state index contributed by atoms with van der Waals surface area (Å²) in [6.45, 7) is 1.35. The van der Waals surface area contributed by atoms with E-state index in [1.54, 1.807) is 6.20 Å². The van der Waals surface area contributed by atoms with Crippen LogP contribution in [0, 0.1) is 0 Å². The zero-order valence-corrected chi connectivity index (χ0v) is 17.1. The summed E-state index contributed by atoms with van der Waals surface area (Å²) >= 11 is 1.39. The fraction of sp³-hybridized carbons (Fsp3) is 0.273. The van der Waals surface area contributed by atoms with E-state index in [4.69, 9.17) is 9.47 Å². The molecule has 0 saturated heterocycles. The molecule has 0 aliphatic carbocycles. The molecule has 1 aromatic heterocycles. The van der Waals surface area contributed by atoms with Crippen LogP contribution in [0.2, 0.25) is 0 Å². The molecule has 0 spiro atoms. The molecule has 0 fully saturated rings. The van der Waals surface area contributed by atoms with Crippen molar-refractivity contribution in [2.45, 2.75) is 24.7 Å². The third kappa shape index (κ3) is 3.53. The number of aliphatic hydroxyl groups is 1. The van der Waals surface area contributed by atoms with Crippen LogP contribution in [0.15, 0.2) is 53.8 Å². The lowest BCUT2D eigenvalue weighted by Crippen LogP contribution is -2.30. The van der Waals surface area contributed by atoms with Gasteiger partial charge in [-0.05, 0) is 35.7 Å². The van der Waals surface area contributed by atoms with Gasteiger partial charge in [0.1, 0.15) is 0 Å². The van der Waals surface area contributed by atoms with Crippen molar-refractivity contribution in [2.24, 2.45) is 0 Å². The Bertz CT molecular complexity index is 1100. The number of amides is 1. The molecule has 1 N–H and O–H groups in total. The van der Waals surface area contributed by atoms with Crippen molar-refractivity contribution < 1.29 is 19.4 Å². The summed E-state index contributed by atoms with van der Waals surface area (Å²) in [6, 6.07) is 13.8. The number of nitrogens with zero attached hydrogens (tertiary/aromatic N) is 3. The molecule has 154 valence electrons. The summed E-state index contributed by atoms with van der Waals surface area (Å²) in [4.78, 5) is 19.1. The SMILES string of the molecule is O=C(CSc1ncc(CO)n1Cc1ccc2c(c1)OCO2)N1CCc2ccccc21. The molecule has 0 bridgehead atoms. The summed E-state index contributed by atoms with van der Waals surface area (Å²) < 4.78 is 12.8. The van der Waals surface area contributed by atoms with Gasteiger partial charge in [-0.25, -0.2) is 4.98 Å². The highest BCUT2D eigenvalue weighted by Crippen LogP contribution is 2.33. The largest absolute Gasteiger partial charge is 0.454 e. The molecule has 0 saturated carbocycles. The average molecular weight is 423 g/mol. The van der Waals surface area contributed by atoms with Crippen molar-refractivity contribution in [3.63, 3.8) is 0 Å². The van der Waals surface area contributed by atoms with E-state index >= 15 is 0 Å². The number of ether oxygens (including phenoxy) is 2. The first-order chi connectivity index (χ1) is 14.7. The maximum Gasteiger partial charge on any atom is 0.237 e. The number of aromatic nitrogens is 2. The number of imidazole rings is 1. The van der Waals surface area contributed by atoms with Crippen LogP contribution in [0.4, 0.5) is 5.69 Å². The highest BCUT2D eigenvalue weighted by molar-refractivity contribution is 7.99. The monoisotopic (exact) mass is 423 g/mol. The second-order valence-corrected chi connectivity index (χ2v) is 8.12. The predicted octanol–water partition coefficient (Wildman–Crippen LogP) is 2.83. The lowest BCUT2D eigenvalue weighted by molar-refractivity contribution is -0.116. The Morgan fingerprint density at radius 1 is 1.17 bits per heavy atom. The average Bonchev–Trinajstić information content (AvgIpc) is 3.50. The lowest BCUT2D eigenvalue weighted by Gasteiger charge is -2.17. The summed E-state index contributed by atoms with van der Waals surface area (Å²) in [5, 5.41) is 10.4. The Kier molecular flexibility index (Phi) is 5.10. The van der Waals surface area contributed by atoms with Crippen LogP contribution in [-0.4, -0.2) is 39.7 Å². The molecule has 0 radical (unpaired) electrons. The number of aliphatic hydroxyl groups excluding tert-OH is 1. The van der Waals surface area contributed by atoms with Crippen LogP contribution in [-0.2, 0) is 24.4 Å². The van der Waals surface area contributed by atoms with Gasteiger partial charge in [0.2, 0.25) is 12.7 Å². The minimum Gasteiger partial charge on any atom is -0.454 e. The third-order valence-electron chi connectivity index (χ3n) is 5.35. The van der Waals surface area contributed by atoms with Crippen LogP contribution in [0.3, 0.4) is 0 Å². The number of fused-ring (bicyclic) bond motifs is 2. The summed E-state index contributed by atoms with van der Waals surface area (Å²) in [5.41, 5.74) is 3.92. The molecular formula is C22H21N3O4S. The summed E-state index contributed by atoms with van der Waals surface area (Å²) in [5.74, 6) is 1.80. The number of hydrogen-bond acceptors (Lipinski definition) is 6. The smallest absolute Gasteiger partial charge is 0.237 e. The van der Waals surface area contributed by atoms with E-state index in [1.165, 1.54) is 17.3 Å². The van der Waals surface area contributed by atoms with Crippen molar-refractivity contribution in [1.82, 2.24) is 9.55 Å². The van der Waals surface area contributed by atoms with Crippen LogP contribution >= 0.6 is 11.8 Å². The fourth-order valence-electron chi connectivity index (χ4n) is 3.83. The number of thioether (sulfide) groups is 1. The van der Waals surface area contributed by atoms with Gasteiger partial charge in [-0.1, -0.05) is 36.0 Å². The van der Waals surface area contributed by atoms with E-state index in [1.807, 2.05) is 45.9 Å². The van der Waals surface area contributed by atoms with Gasteiger partial charge in [0, 0.05) is 12.2 Å². The van der Waals surface area contributed by atoms with Crippen LogP contribution in [0.5, 0.6) is 11.5 Å². The Labute approximate surface area is 178 Å². The van der Waals surface area contributed by atoms with Crippen molar-refractivity contribution in [3.05, 3.63) is 65.5 Å². The Balaban J connectivity index is 1.31. The lowest BCUT2D eigenvalue weighted by atomic mass is 10.2.